The van der Waals surface area contributed by atoms with Gasteiger partial charge in [0.15, 0.2) is 5.60 Å². The molecule has 0 unspecified atom stereocenters. The van der Waals surface area contributed by atoms with Crippen molar-refractivity contribution in [3.05, 3.63) is 29.3 Å². The number of nitrogens with zero attached hydrogens (tertiary/aromatic N) is 1. The summed E-state index contributed by atoms with van der Waals surface area (Å²) in [6, 6.07) is 6.87. The molecule has 1 aliphatic heterocycles. The predicted molar refractivity (Wildman–Crippen MR) is 98.8 cm³/mol. The van der Waals surface area contributed by atoms with Crippen molar-refractivity contribution < 1.29 is 14.3 Å². The highest BCUT2D eigenvalue weighted by molar-refractivity contribution is 6.30. The van der Waals surface area contributed by atoms with Crippen LogP contribution in [0.25, 0.3) is 0 Å². The number of hydrogen-bond acceptors (Lipinski definition) is 3. The van der Waals surface area contributed by atoms with Gasteiger partial charge in [-0.3, -0.25) is 9.59 Å². The maximum absolute atomic E-state index is 12.4. The summed E-state index contributed by atoms with van der Waals surface area (Å²) in [5.74, 6) is 0.440. The summed E-state index contributed by atoms with van der Waals surface area (Å²) < 4.78 is 5.74. The first-order valence-corrected chi connectivity index (χ1v) is 9.27. The van der Waals surface area contributed by atoms with Crippen LogP contribution in [-0.2, 0) is 9.59 Å². The monoisotopic (exact) mass is 366 g/mol. The van der Waals surface area contributed by atoms with E-state index in [0.29, 0.717) is 23.7 Å². The summed E-state index contributed by atoms with van der Waals surface area (Å²) in [7, 11) is 0. The molecule has 6 heteroatoms. The number of ether oxygens (including phenoxy) is 1. The Balaban J connectivity index is 1.77. The molecule has 1 heterocycles. The van der Waals surface area contributed by atoms with E-state index in [1.807, 2.05) is 4.90 Å². The van der Waals surface area contributed by atoms with Crippen LogP contribution in [0.1, 0.15) is 46.0 Å². The van der Waals surface area contributed by atoms with Gasteiger partial charge in [-0.2, -0.15) is 0 Å². The summed E-state index contributed by atoms with van der Waals surface area (Å²) in [6.07, 6.45) is 4.84. The van der Waals surface area contributed by atoms with Gasteiger partial charge in [-0.15, -0.1) is 0 Å². The molecule has 1 aliphatic rings. The van der Waals surface area contributed by atoms with Crippen LogP contribution >= 0.6 is 11.6 Å². The molecule has 5 nitrogen and oxygen atoms in total. The fourth-order valence-electron chi connectivity index (χ4n) is 2.82. The molecule has 0 radical (unpaired) electrons. The third-order valence-electron chi connectivity index (χ3n) is 4.32. The topological polar surface area (TPSA) is 58.6 Å². The normalized spacial score (nSPS) is 15.4. The van der Waals surface area contributed by atoms with E-state index in [-0.39, 0.29) is 11.8 Å². The lowest BCUT2D eigenvalue weighted by atomic mass is 10.1. The van der Waals surface area contributed by atoms with E-state index in [2.05, 4.69) is 5.32 Å². The largest absolute Gasteiger partial charge is 0.478 e. The Morgan fingerprint density at radius 3 is 2.32 bits per heavy atom. The summed E-state index contributed by atoms with van der Waals surface area (Å²) in [5.41, 5.74) is -1.03. The quantitative estimate of drug-likeness (QED) is 0.839. The van der Waals surface area contributed by atoms with Gasteiger partial charge in [-0.05, 0) is 51.0 Å². The van der Waals surface area contributed by atoms with E-state index in [9.17, 15) is 9.59 Å². The van der Waals surface area contributed by atoms with Gasteiger partial charge in [-0.1, -0.05) is 24.4 Å². The Kier molecular flexibility index (Phi) is 7.12. The van der Waals surface area contributed by atoms with Crippen molar-refractivity contribution in [2.24, 2.45) is 0 Å². The molecule has 0 spiro atoms. The van der Waals surface area contributed by atoms with E-state index < -0.39 is 5.60 Å². The van der Waals surface area contributed by atoms with Crippen LogP contribution in [0.4, 0.5) is 0 Å². The van der Waals surface area contributed by atoms with Gasteiger partial charge in [-0.25, -0.2) is 0 Å². The van der Waals surface area contributed by atoms with Crippen LogP contribution in [0.3, 0.4) is 0 Å². The van der Waals surface area contributed by atoms with E-state index in [1.165, 1.54) is 12.8 Å². The molecule has 25 heavy (non-hydrogen) atoms. The Hall–Kier alpha value is -1.75. The van der Waals surface area contributed by atoms with Crippen molar-refractivity contribution in [2.75, 3.05) is 19.6 Å². The molecule has 2 amide bonds. The molecule has 0 aliphatic carbocycles. The number of hydrogen-bond donors (Lipinski definition) is 1. The zero-order valence-electron chi connectivity index (χ0n) is 15.0. The molecule has 0 saturated carbocycles. The Morgan fingerprint density at radius 2 is 1.72 bits per heavy atom. The van der Waals surface area contributed by atoms with Gasteiger partial charge in [0.25, 0.3) is 5.91 Å². The smallest absolute Gasteiger partial charge is 0.263 e. The molecule has 1 saturated heterocycles. The number of likely N-dealkylation sites (tertiary alicyclic amines) is 1. The summed E-state index contributed by atoms with van der Waals surface area (Å²) in [4.78, 5) is 26.5. The fraction of sp³-hybridized carbons (Fsp3) is 0.579. The highest BCUT2D eigenvalue weighted by Crippen LogP contribution is 2.21. The first-order valence-electron chi connectivity index (χ1n) is 8.89. The standard InChI is InChI=1S/C19H27ClN2O3/c1-19(2,25-16-9-7-15(20)8-10-16)18(24)21-12-11-17(23)22-13-5-3-4-6-14-22/h7-10H,3-6,11-14H2,1-2H3,(H,21,24). The zero-order chi connectivity index (χ0) is 18.3. The van der Waals surface area contributed by atoms with Crippen molar-refractivity contribution in [1.29, 1.82) is 0 Å². The maximum atomic E-state index is 12.4. The highest BCUT2D eigenvalue weighted by atomic mass is 35.5. The number of rotatable bonds is 6. The van der Waals surface area contributed by atoms with E-state index >= 15 is 0 Å². The molecule has 1 N–H and O–H groups in total. The number of carbonyl (C=O) groups is 2. The van der Waals surface area contributed by atoms with Gasteiger partial charge < -0.3 is 15.0 Å². The molecule has 138 valence electrons. The van der Waals surface area contributed by atoms with Gasteiger partial charge >= 0.3 is 0 Å². The number of amides is 2. The molecule has 0 bridgehead atoms. The minimum atomic E-state index is -1.03. The van der Waals surface area contributed by atoms with Crippen LogP contribution < -0.4 is 10.1 Å². The van der Waals surface area contributed by atoms with Crippen molar-refractivity contribution in [3.63, 3.8) is 0 Å². The van der Waals surface area contributed by atoms with Crippen LogP contribution in [0.5, 0.6) is 5.75 Å². The average molecular weight is 367 g/mol. The minimum absolute atomic E-state index is 0.110. The molecule has 2 rings (SSSR count). The SMILES string of the molecule is CC(C)(Oc1ccc(Cl)cc1)C(=O)NCCC(=O)N1CCCCCC1. The molecule has 1 fully saturated rings. The first kappa shape index (κ1) is 19.6. The van der Waals surface area contributed by atoms with E-state index in [4.69, 9.17) is 16.3 Å². The minimum Gasteiger partial charge on any atom is -0.478 e. The Bertz CT molecular complexity index is 579. The van der Waals surface area contributed by atoms with E-state index in [1.54, 1.807) is 38.1 Å². The van der Waals surface area contributed by atoms with Crippen molar-refractivity contribution >= 4 is 23.4 Å². The molecular weight excluding hydrogens is 340 g/mol. The number of halogens is 1. The second-order valence-corrected chi connectivity index (χ2v) is 7.30. The number of benzene rings is 1. The molecule has 0 atom stereocenters. The number of nitrogens with one attached hydrogen (secondary N) is 1. The fourth-order valence-corrected chi connectivity index (χ4v) is 2.94. The Labute approximate surface area is 154 Å². The average Bonchev–Trinajstić information content (AvgIpc) is 2.86. The number of carbonyl (C=O) groups excluding carboxylic acids is 2. The molecular formula is C19H27ClN2O3. The van der Waals surface area contributed by atoms with Crippen molar-refractivity contribution in [3.8, 4) is 5.75 Å². The maximum Gasteiger partial charge on any atom is 0.263 e. The third kappa shape index (κ3) is 6.24. The Morgan fingerprint density at radius 1 is 1.12 bits per heavy atom. The van der Waals surface area contributed by atoms with Crippen LogP contribution in [0, 0.1) is 0 Å². The van der Waals surface area contributed by atoms with E-state index in [0.717, 1.165) is 25.9 Å². The van der Waals surface area contributed by atoms with Gasteiger partial charge in [0.1, 0.15) is 5.75 Å². The second-order valence-electron chi connectivity index (χ2n) is 6.87. The van der Waals surface area contributed by atoms with Crippen molar-refractivity contribution in [1.82, 2.24) is 10.2 Å². The lowest BCUT2D eigenvalue weighted by Gasteiger charge is -2.26. The molecule has 1 aromatic carbocycles. The lowest BCUT2D eigenvalue weighted by Crippen LogP contribution is -2.47. The van der Waals surface area contributed by atoms with Crippen molar-refractivity contribution in [2.45, 2.75) is 51.6 Å². The summed E-state index contributed by atoms with van der Waals surface area (Å²) in [5, 5.41) is 3.42. The first-order chi connectivity index (χ1) is 11.9. The van der Waals surface area contributed by atoms with Crippen LogP contribution in [-0.4, -0.2) is 41.9 Å². The second kappa shape index (κ2) is 9.09. The molecule has 0 aromatic heterocycles. The lowest BCUT2D eigenvalue weighted by molar-refractivity contribution is -0.134. The van der Waals surface area contributed by atoms with Crippen LogP contribution in [0.2, 0.25) is 5.02 Å². The highest BCUT2D eigenvalue weighted by Gasteiger charge is 2.30. The van der Waals surface area contributed by atoms with Gasteiger partial charge in [0.05, 0.1) is 0 Å². The summed E-state index contributed by atoms with van der Waals surface area (Å²) >= 11 is 5.85. The zero-order valence-corrected chi connectivity index (χ0v) is 15.8. The van der Waals surface area contributed by atoms with Gasteiger partial charge in [0, 0.05) is 31.1 Å². The third-order valence-corrected chi connectivity index (χ3v) is 4.57. The van der Waals surface area contributed by atoms with Crippen LogP contribution in [0.15, 0.2) is 24.3 Å². The summed E-state index contributed by atoms with van der Waals surface area (Å²) in [6.45, 7) is 5.39. The molecule has 1 aromatic rings. The van der Waals surface area contributed by atoms with Gasteiger partial charge in [0.2, 0.25) is 5.91 Å². The predicted octanol–water partition coefficient (Wildman–Crippen LogP) is 3.41.